The molecule has 1 aromatic rings. The molecule has 122 valence electrons. The quantitative estimate of drug-likeness (QED) is 0.773. The van der Waals surface area contributed by atoms with Gasteiger partial charge in [-0.3, -0.25) is 4.79 Å². The second kappa shape index (κ2) is 8.56. The van der Waals surface area contributed by atoms with Gasteiger partial charge in [0, 0.05) is 10.5 Å². The van der Waals surface area contributed by atoms with Crippen molar-refractivity contribution in [2.24, 2.45) is 5.92 Å². The van der Waals surface area contributed by atoms with Crippen LogP contribution in [-0.2, 0) is 0 Å². The lowest BCUT2D eigenvalue weighted by atomic mass is 9.95. The smallest absolute Gasteiger partial charge is 0.255 e. The monoisotopic (exact) mass is 367 g/mol. The first kappa shape index (κ1) is 17.3. The largest absolute Gasteiger partial charge is 0.493 e. The molecule has 1 aliphatic carbocycles. The lowest BCUT2D eigenvalue weighted by molar-refractivity contribution is 0.0923. The Kier molecular flexibility index (Phi) is 6.74. The van der Waals surface area contributed by atoms with E-state index in [-0.39, 0.29) is 5.91 Å². The number of carbonyl (C=O) groups excluding carboxylic acids is 1. The van der Waals surface area contributed by atoms with E-state index < -0.39 is 0 Å². The molecule has 0 atom stereocenters. The molecule has 0 spiro atoms. The van der Waals surface area contributed by atoms with Crippen molar-refractivity contribution in [2.45, 2.75) is 58.4 Å². The fourth-order valence-electron chi connectivity index (χ4n) is 2.72. The van der Waals surface area contributed by atoms with Gasteiger partial charge in [-0.15, -0.1) is 0 Å². The lowest BCUT2D eigenvalue weighted by Crippen LogP contribution is -2.36. The molecule has 0 bridgehead atoms. The Hall–Kier alpha value is -1.03. The van der Waals surface area contributed by atoms with E-state index >= 15 is 0 Å². The zero-order chi connectivity index (χ0) is 15.9. The number of amides is 1. The summed E-state index contributed by atoms with van der Waals surface area (Å²) in [6, 6.07) is 5.95. The molecule has 1 amide bonds. The molecule has 0 aliphatic heterocycles. The highest BCUT2D eigenvalue weighted by atomic mass is 79.9. The van der Waals surface area contributed by atoms with Crippen LogP contribution in [0.3, 0.4) is 0 Å². The van der Waals surface area contributed by atoms with Crippen molar-refractivity contribution in [1.29, 1.82) is 0 Å². The van der Waals surface area contributed by atoms with Crippen molar-refractivity contribution in [1.82, 2.24) is 5.32 Å². The summed E-state index contributed by atoms with van der Waals surface area (Å²) in [5, 5.41) is 3.16. The third-order valence-corrected chi connectivity index (χ3v) is 4.57. The van der Waals surface area contributed by atoms with E-state index in [4.69, 9.17) is 4.74 Å². The first-order valence-corrected chi connectivity index (χ1v) is 9.09. The van der Waals surface area contributed by atoms with E-state index in [2.05, 4.69) is 35.1 Å². The van der Waals surface area contributed by atoms with Gasteiger partial charge in [0.25, 0.3) is 5.91 Å². The summed E-state index contributed by atoms with van der Waals surface area (Å²) in [7, 11) is 0. The molecule has 1 fully saturated rings. The van der Waals surface area contributed by atoms with Gasteiger partial charge in [0.15, 0.2) is 0 Å². The van der Waals surface area contributed by atoms with Gasteiger partial charge in [-0.1, -0.05) is 49.0 Å². The Morgan fingerprint density at radius 2 is 2.05 bits per heavy atom. The van der Waals surface area contributed by atoms with Gasteiger partial charge in [-0.2, -0.15) is 0 Å². The Bertz CT molecular complexity index is 496. The summed E-state index contributed by atoms with van der Waals surface area (Å²) in [6.07, 6.45) is 6.86. The number of hydrogen-bond donors (Lipinski definition) is 1. The molecule has 0 unspecified atom stereocenters. The summed E-state index contributed by atoms with van der Waals surface area (Å²) >= 11 is 3.45. The van der Waals surface area contributed by atoms with Crippen molar-refractivity contribution in [3.8, 4) is 5.75 Å². The molecule has 22 heavy (non-hydrogen) atoms. The number of nitrogens with one attached hydrogen (secondary N) is 1. The molecule has 0 radical (unpaired) electrons. The molecule has 0 saturated heterocycles. The third-order valence-electron chi connectivity index (χ3n) is 4.08. The number of ether oxygens (including phenoxy) is 1. The second-order valence-corrected chi connectivity index (χ2v) is 7.40. The zero-order valence-electron chi connectivity index (χ0n) is 13.5. The average molecular weight is 368 g/mol. The maximum atomic E-state index is 12.6. The standard InChI is InChI=1S/C18H26BrNO2/c1-13(2)10-11-22-17-9-8-14(19)12-16(17)18(21)20-15-6-4-3-5-7-15/h8-9,12-13,15H,3-7,10-11H2,1-2H3,(H,20,21). The maximum Gasteiger partial charge on any atom is 0.255 e. The highest BCUT2D eigenvalue weighted by Gasteiger charge is 2.19. The van der Waals surface area contributed by atoms with E-state index in [0.717, 1.165) is 23.7 Å². The van der Waals surface area contributed by atoms with Crippen LogP contribution in [-0.4, -0.2) is 18.6 Å². The van der Waals surface area contributed by atoms with Crippen LogP contribution in [0.15, 0.2) is 22.7 Å². The molecule has 0 aromatic heterocycles. The first-order chi connectivity index (χ1) is 10.6. The van der Waals surface area contributed by atoms with Crippen LogP contribution in [0.1, 0.15) is 62.7 Å². The van der Waals surface area contributed by atoms with Crippen molar-refractivity contribution in [3.05, 3.63) is 28.2 Å². The molecule has 1 aromatic carbocycles. The number of carbonyl (C=O) groups is 1. The van der Waals surface area contributed by atoms with Gasteiger partial charge in [0.1, 0.15) is 5.75 Å². The SMILES string of the molecule is CC(C)CCOc1ccc(Br)cc1C(=O)NC1CCCCC1. The van der Waals surface area contributed by atoms with Crippen molar-refractivity contribution >= 4 is 21.8 Å². The highest BCUT2D eigenvalue weighted by molar-refractivity contribution is 9.10. The normalized spacial score (nSPS) is 15.8. The van der Waals surface area contributed by atoms with Crippen LogP contribution in [0.5, 0.6) is 5.75 Å². The average Bonchev–Trinajstić information content (AvgIpc) is 2.49. The van der Waals surface area contributed by atoms with E-state index in [1.165, 1.54) is 19.3 Å². The zero-order valence-corrected chi connectivity index (χ0v) is 15.1. The predicted molar refractivity (Wildman–Crippen MR) is 93.4 cm³/mol. The van der Waals surface area contributed by atoms with Crippen LogP contribution in [0.2, 0.25) is 0 Å². The topological polar surface area (TPSA) is 38.3 Å². The first-order valence-electron chi connectivity index (χ1n) is 8.29. The minimum atomic E-state index is -0.0206. The van der Waals surface area contributed by atoms with E-state index in [1.807, 2.05) is 18.2 Å². The molecule has 1 N–H and O–H groups in total. The predicted octanol–water partition coefficient (Wildman–Crippen LogP) is 4.94. The molecule has 2 rings (SSSR count). The lowest BCUT2D eigenvalue weighted by Gasteiger charge is -2.23. The summed E-state index contributed by atoms with van der Waals surface area (Å²) in [5.41, 5.74) is 0.628. The van der Waals surface area contributed by atoms with Crippen LogP contribution in [0, 0.1) is 5.92 Å². The van der Waals surface area contributed by atoms with Crippen molar-refractivity contribution in [3.63, 3.8) is 0 Å². The van der Waals surface area contributed by atoms with Crippen molar-refractivity contribution < 1.29 is 9.53 Å². The summed E-state index contributed by atoms with van der Waals surface area (Å²) in [4.78, 5) is 12.6. The number of halogens is 1. The number of hydrogen-bond acceptors (Lipinski definition) is 2. The molecule has 3 nitrogen and oxygen atoms in total. The van der Waals surface area contributed by atoms with E-state index in [9.17, 15) is 4.79 Å². The third kappa shape index (κ3) is 5.31. The van der Waals surface area contributed by atoms with Crippen LogP contribution >= 0.6 is 15.9 Å². The van der Waals surface area contributed by atoms with Crippen LogP contribution < -0.4 is 10.1 Å². The Labute approximate surface area is 141 Å². The summed E-state index contributed by atoms with van der Waals surface area (Å²) < 4.78 is 6.73. The minimum Gasteiger partial charge on any atom is -0.493 e. The van der Waals surface area contributed by atoms with Crippen molar-refractivity contribution in [2.75, 3.05) is 6.61 Å². The summed E-state index contributed by atoms with van der Waals surface area (Å²) in [5.74, 6) is 1.25. The fraction of sp³-hybridized carbons (Fsp3) is 0.611. The molecule has 1 aliphatic rings. The maximum absolute atomic E-state index is 12.6. The molecule has 4 heteroatoms. The fourth-order valence-corrected chi connectivity index (χ4v) is 3.08. The van der Waals surface area contributed by atoms with Crippen LogP contribution in [0.4, 0.5) is 0 Å². The Morgan fingerprint density at radius 1 is 1.32 bits per heavy atom. The number of benzene rings is 1. The Balaban J connectivity index is 2.03. The Morgan fingerprint density at radius 3 is 2.73 bits per heavy atom. The van der Waals surface area contributed by atoms with Gasteiger partial charge in [0.2, 0.25) is 0 Å². The molecule has 0 heterocycles. The molecular weight excluding hydrogens is 342 g/mol. The van der Waals surface area contributed by atoms with E-state index in [1.54, 1.807) is 0 Å². The molecular formula is C18H26BrNO2. The van der Waals surface area contributed by atoms with Gasteiger partial charge in [-0.25, -0.2) is 0 Å². The summed E-state index contributed by atoms with van der Waals surface area (Å²) in [6.45, 7) is 4.98. The second-order valence-electron chi connectivity index (χ2n) is 6.48. The van der Waals surface area contributed by atoms with Gasteiger partial charge in [-0.05, 0) is 43.4 Å². The minimum absolute atomic E-state index is 0.0206. The van der Waals surface area contributed by atoms with Gasteiger partial charge >= 0.3 is 0 Å². The highest BCUT2D eigenvalue weighted by Crippen LogP contribution is 2.25. The number of rotatable bonds is 6. The van der Waals surface area contributed by atoms with Gasteiger partial charge in [0.05, 0.1) is 12.2 Å². The van der Waals surface area contributed by atoms with Crippen LogP contribution in [0.25, 0.3) is 0 Å². The van der Waals surface area contributed by atoms with E-state index in [0.29, 0.717) is 29.9 Å². The van der Waals surface area contributed by atoms with Gasteiger partial charge < -0.3 is 10.1 Å². The molecule has 1 saturated carbocycles.